The van der Waals surface area contributed by atoms with E-state index in [-0.39, 0.29) is 31.6 Å². The minimum Gasteiger partial charge on any atom is -0.480 e. The van der Waals surface area contributed by atoms with E-state index >= 15 is 0 Å². The Bertz CT molecular complexity index is 898. The molecule has 4 rings (SSSR count). The molecule has 198 valence electrons. The molecular weight excluding hydrogens is 482 g/mol. The molecule has 0 aromatic carbocycles. The molecule has 13 heteroatoms. The Labute approximate surface area is 198 Å². The molecule has 1 aromatic heterocycles. The predicted octanol–water partition coefficient (Wildman–Crippen LogP) is 3.57. The number of carboxylic acids is 1. The maximum atomic E-state index is 13.5. The second-order valence-electron chi connectivity index (χ2n) is 10.1. The van der Waals surface area contributed by atoms with Crippen LogP contribution in [0.4, 0.5) is 26.3 Å². The average molecular weight is 512 g/mol. The van der Waals surface area contributed by atoms with Crippen LogP contribution in [-0.2, 0) is 16.1 Å². The minimum absolute atomic E-state index is 0.0647. The molecule has 4 atom stereocenters. The Morgan fingerprint density at radius 2 is 1.74 bits per heavy atom. The first-order valence-corrected chi connectivity index (χ1v) is 11.8. The van der Waals surface area contributed by atoms with Crippen LogP contribution in [0.25, 0.3) is 0 Å². The van der Waals surface area contributed by atoms with Gasteiger partial charge in [-0.05, 0) is 30.7 Å². The van der Waals surface area contributed by atoms with E-state index in [9.17, 15) is 36.2 Å². The number of nitrogens with one attached hydrogen (secondary N) is 1. The van der Waals surface area contributed by atoms with Gasteiger partial charge in [-0.3, -0.25) is 14.4 Å². The molecule has 7 nitrogen and oxygen atoms in total. The zero-order chi connectivity index (χ0) is 25.7. The van der Waals surface area contributed by atoms with E-state index in [2.05, 4.69) is 5.32 Å². The summed E-state index contributed by atoms with van der Waals surface area (Å²) < 4.78 is 88.3. The quantitative estimate of drug-likeness (QED) is 0.568. The maximum Gasteiger partial charge on any atom is 0.402 e. The van der Waals surface area contributed by atoms with Gasteiger partial charge in [0.25, 0.3) is 0 Å². The second-order valence-corrected chi connectivity index (χ2v) is 10.1. The second kappa shape index (κ2) is 9.55. The fraction of sp³-hybridized carbons (Fsp3) is 0.818. The number of fused-ring (bicyclic) bond motifs is 1. The summed E-state index contributed by atoms with van der Waals surface area (Å²) in [5, 5.41) is 16.5. The van der Waals surface area contributed by atoms with Crippen molar-refractivity contribution in [2.45, 2.75) is 69.6 Å². The van der Waals surface area contributed by atoms with Gasteiger partial charge in [0.2, 0.25) is 0 Å². The molecule has 3 aliphatic rings. The van der Waals surface area contributed by atoms with Crippen molar-refractivity contribution in [2.24, 2.45) is 17.8 Å². The van der Waals surface area contributed by atoms with Crippen LogP contribution in [0.3, 0.4) is 0 Å². The van der Waals surface area contributed by atoms with Gasteiger partial charge in [-0.2, -0.15) is 31.4 Å². The minimum atomic E-state index is -5.55. The standard InChI is InChI=1S/C22H30F6N4O3/c1-11(2)16-7-13(32(30-16)12-3-5-35-6-4-12)8-31-9-14-15(10-31)18(20(33)34)29-17(14)19(21(23,24)25)22(26,27)28/h7,11-12,14-15,17-19,29H,3-6,8-10H2,1-2H3,(H,33,34). The monoisotopic (exact) mass is 512 g/mol. The van der Waals surface area contributed by atoms with Gasteiger partial charge < -0.3 is 15.2 Å². The summed E-state index contributed by atoms with van der Waals surface area (Å²) in [6.45, 7) is 5.43. The van der Waals surface area contributed by atoms with Gasteiger partial charge in [-0.1, -0.05) is 13.8 Å². The predicted molar refractivity (Wildman–Crippen MR) is 112 cm³/mol. The van der Waals surface area contributed by atoms with E-state index in [0.29, 0.717) is 13.2 Å². The number of alkyl halides is 6. The summed E-state index contributed by atoms with van der Waals surface area (Å²) in [6.07, 6.45) is -9.59. The van der Waals surface area contributed by atoms with Crippen molar-refractivity contribution in [2.75, 3.05) is 26.3 Å². The summed E-state index contributed by atoms with van der Waals surface area (Å²) in [7, 11) is 0. The SMILES string of the molecule is CC(C)c1cc(CN2CC3C(C(=O)O)NC(C(C(F)(F)F)C(F)(F)F)C3C2)n(C2CCOCC2)n1. The highest BCUT2D eigenvalue weighted by Gasteiger charge is 2.66. The number of nitrogens with zero attached hydrogens (tertiary/aromatic N) is 3. The number of aliphatic carboxylic acids is 1. The van der Waals surface area contributed by atoms with E-state index in [1.165, 1.54) is 0 Å². The van der Waals surface area contributed by atoms with Gasteiger partial charge >= 0.3 is 18.3 Å². The molecule has 3 saturated heterocycles. The largest absolute Gasteiger partial charge is 0.480 e. The summed E-state index contributed by atoms with van der Waals surface area (Å²) in [5.74, 6) is -6.91. The summed E-state index contributed by atoms with van der Waals surface area (Å²) in [4.78, 5) is 13.5. The van der Waals surface area contributed by atoms with Crippen molar-refractivity contribution in [1.82, 2.24) is 20.0 Å². The van der Waals surface area contributed by atoms with Crippen LogP contribution in [0.5, 0.6) is 0 Å². The lowest BCUT2D eigenvalue weighted by atomic mass is 9.84. The molecule has 0 spiro atoms. The lowest BCUT2D eigenvalue weighted by Crippen LogP contribution is -2.53. The molecular formula is C22H30F6N4O3. The molecule has 0 radical (unpaired) electrons. The highest BCUT2D eigenvalue weighted by Crippen LogP contribution is 2.48. The number of carbonyl (C=O) groups is 1. The third-order valence-corrected chi connectivity index (χ3v) is 7.43. The Morgan fingerprint density at radius 1 is 1.14 bits per heavy atom. The van der Waals surface area contributed by atoms with E-state index in [0.717, 1.165) is 24.2 Å². The number of hydrogen-bond acceptors (Lipinski definition) is 5. The Morgan fingerprint density at radius 3 is 2.29 bits per heavy atom. The van der Waals surface area contributed by atoms with E-state index in [1.54, 1.807) is 4.90 Å². The molecule has 0 amide bonds. The zero-order valence-corrected chi connectivity index (χ0v) is 19.4. The number of rotatable bonds is 6. The number of hydrogen-bond donors (Lipinski definition) is 2. The molecule has 0 saturated carbocycles. The topological polar surface area (TPSA) is 79.6 Å². The summed E-state index contributed by atoms with van der Waals surface area (Å²) in [5.41, 5.74) is 1.67. The molecule has 1 aromatic rings. The van der Waals surface area contributed by atoms with Crippen molar-refractivity contribution in [3.63, 3.8) is 0 Å². The summed E-state index contributed by atoms with van der Waals surface area (Å²) >= 11 is 0. The molecule has 4 heterocycles. The van der Waals surface area contributed by atoms with Gasteiger partial charge in [-0.15, -0.1) is 0 Å². The Hall–Kier alpha value is -1.86. The maximum absolute atomic E-state index is 13.5. The van der Waals surface area contributed by atoms with E-state index in [1.807, 2.05) is 24.6 Å². The van der Waals surface area contributed by atoms with Crippen LogP contribution in [0.1, 0.15) is 50.0 Å². The lowest BCUT2D eigenvalue weighted by molar-refractivity contribution is -0.293. The molecule has 35 heavy (non-hydrogen) atoms. The van der Waals surface area contributed by atoms with Crippen molar-refractivity contribution in [3.05, 3.63) is 17.5 Å². The number of halogens is 6. The number of ether oxygens (including phenoxy) is 1. The lowest BCUT2D eigenvalue weighted by Gasteiger charge is -2.32. The zero-order valence-electron chi connectivity index (χ0n) is 19.4. The van der Waals surface area contributed by atoms with Gasteiger partial charge in [-0.25, -0.2) is 0 Å². The first-order valence-electron chi connectivity index (χ1n) is 11.8. The first-order chi connectivity index (χ1) is 16.3. The number of carboxylic acid groups (broad SMARTS) is 1. The fourth-order valence-electron chi connectivity index (χ4n) is 5.78. The third kappa shape index (κ3) is 5.31. The number of aromatic nitrogens is 2. The van der Waals surface area contributed by atoms with Crippen LogP contribution < -0.4 is 5.32 Å². The van der Waals surface area contributed by atoms with Crippen LogP contribution in [0.15, 0.2) is 6.07 Å². The normalized spacial score (nSPS) is 28.9. The molecule has 3 aliphatic heterocycles. The van der Waals surface area contributed by atoms with Crippen molar-refractivity contribution < 1.29 is 41.0 Å². The van der Waals surface area contributed by atoms with E-state index in [4.69, 9.17) is 9.84 Å². The van der Waals surface area contributed by atoms with E-state index < -0.39 is 48.2 Å². The molecule has 0 bridgehead atoms. The molecule has 4 unspecified atom stereocenters. The first kappa shape index (κ1) is 26.2. The third-order valence-electron chi connectivity index (χ3n) is 7.43. The van der Waals surface area contributed by atoms with Gasteiger partial charge in [0.1, 0.15) is 6.04 Å². The average Bonchev–Trinajstić information content (AvgIpc) is 3.41. The number of likely N-dealkylation sites (tertiary alicyclic amines) is 1. The van der Waals surface area contributed by atoms with Crippen LogP contribution >= 0.6 is 0 Å². The van der Waals surface area contributed by atoms with Crippen molar-refractivity contribution in [3.8, 4) is 0 Å². The smallest absolute Gasteiger partial charge is 0.402 e. The fourth-order valence-corrected chi connectivity index (χ4v) is 5.78. The Balaban J connectivity index is 1.59. The summed E-state index contributed by atoms with van der Waals surface area (Å²) in [6, 6.07) is -1.52. The van der Waals surface area contributed by atoms with Crippen LogP contribution in [0, 0.1) is 17.8 Å². The highest BCUT2D eigenvalue weighted by molar-refractivity contribution is 5.74. The Kier molecular flexibility index (Phi) is 7.15. The van der Waals surface area contributed by atoms with Crippen LogP contribution in [0.2, 0.25) is 0 Å². The van der Waals surface area contributed by atoms with Gasteiger partial charge in [0.05, 0.1) is 17.4 Å². The van der Waals surface area contributed by atoms with Gasteiger partial charge in [0, 0.05) is 44.8 Å². The molecule has 3 fully saturated rings. The van der Waals surface area contributed by atoms with Crippen LogP contribution in [-0.4, -0.2) is 76.5 Å². The molecule has 0 aliphatic carbocycles. The highest BCUT2D eigenvalue weighted by atomic mass is 19.4. The van der Waals surface area contributed by atoms with Gasteiger partial charge in [0.15, 0.2) is 5.92 Å². The molecule has 2 N–H and O–H groups in total. The van der Waals surface area contributed by atoms with Crippen molar-refractivity contribution in [1.29, 1.82) is 0 Å². The van der Waals surface area contributed by atoms with Crippen molar-refractivity contribution >= 4 is 5.97 Å².